The molecule has 0 spiro atoms. The third-order valence-corrected chi connectivity index (χ3v) is 3.54. The number of benzene rings is 2. The molecule has 0 saturated heterocycles. The van der Waals surface area contributed by atoms with Crippen LogP contribution in [0.2, 0.25) is 0 Å². The number of nitrogens with two attached hydrogens (primary N) is 1. The molecule has 0 aliphatic carbocycles. The van der Waals surface area contributed by atoms with Crippen molar-refractivity contribution in [1.82, 2.24) is 0 Å². The molecule has 0 saturated carbocycles. The smallest absolute Gasteiger partial charge is 0.123 e. The minimum Gasteiger partial charge on any atom is -0.489 e. The van der Waals surface area contributed by atoms with E-state index >= 15 is 0 Å². The number of hydrogen-bond donors (Lipinski definition) is 1. The highest BCUT2D eigenvalue weighted by Gasteiger charge is 2.07. The number of nitriles is 1. The van der Waals surface area contributed by atoms with Crippen LogP contribution in [0.3, 0.4) is 0 Å². The molecule has 0 aromatic heterocycles. The molecule has 2 aromatic rings. The molecule has 0 bridgehead atoms. The van der Waals surface area contributed by atoms with Crippen LogP contribution in [0.4, 0.5) is 0 Å². The summed E-state index contributed by atoms with van der Waals surface area (Å²) < 4.78 is 6.91. The number of rotatable bonds is 5. The van der Waals surface area contributed by atoms with E-state index in [4.69, 9.17) is 15.7 Å². The SMILES string of the molecule is CC(N)Cc1cc(Br)ccc1OCc1ccc(C#N)cc1. The summed E-state index contributed by atoms with van der Waals surface area (Å²) in [5.74, 6) is 0.847. The maximum absolute atomic E-state index is 8.79. The first-order chi connectivity index (χ1) is 10.1. The molecular formula is C17H17BrN2O. The third-order valence-electron chi connectivity index (χ3n) is 3.04. The van der Waals surface area contributed by atoms with E-state index in [0.29, 0.717) is 12.2 Å². The Bertz CT molecular complexity index is 645. The van der Waals surface area contributed by atoms with E-state index in [1.54, 1.807) is 12.1 Å². The Morgan fingerprint density at radius 2 is 1.95 bits per heavy atom. The summed E-state index contributed by atoms with van der Waals surface area (Å²) in [6.45, 7) is 2.45. The lowest BCUT2D eigenvalue weighted by molar-refractivity contribution is 0.302. The van der Waals surface area contributed by atoms with Gasteiger partial charge in [-0.3, -0.25) is 0 Å². The summed E-state index contributed by atoms with van der Waals surface area (Å²) in [5.41, 5.74) is 8.66. The van der Waals surface area contributed by atoms with Crippen molar-refractivity contribution in [3.63, 3.8) is 0 Å². The van der Waals surface area contributed by atoms with Crippen LogP contribution >= 0.6 is 15.9 Å². The Kier molecular flexibility index (Phi) is 5.38. The van der Waals surface area contributed by atoms with E-state index in [9.17, 15) is 0 Å². The molecule has 2 rings (SSSR count). The maximum Gasteiger partial charge on any atom is 0.123 e. The van der Waals surface area contributed by atoms with E-state index in [1.165, 1.54) is 0 Å². The fraction of sp³-hybridized carbons (Fsp3) is 0.235. The number of nitrogens with zero attached hydrogens (tertiary/aromatic N) is 1. The van der Waals surface area contributed by atoms with E-state index in [2.05, 4.69) is 22.0 Å². The molecular weight excluding hydrogens is 328 g/mol. The minimum absolute atomic E-state index is 0.0802. The van der Waals surface area contributed by atoms with Crippen molar-refractivity contribution in [2.45, 2.75) is 26.0 Å². The molecule has 0 aliphatic heterocycles. The van der Waals surface area contributed by atoms with E-state index in [1.807, 2.05) is 37.3 Å². The first-order valence-corrected chi connectivity index (χ1v) is 7.53. The highest BCUT2D eigenvalue weighted by atomic mass is 79.9. The highest BCUT2D eigenvalue weighted by Crippen LogP contribution is 2.25. The molecule has 2 aromatic carbocycles. The summed E-state index contributed by atoms with van der Waals surface area (Å²) >= 11 is 3.47. The molecule has 0 heterocycles. The minimum atomic E-state index is 0.0802. The van der Waals surface area contributed by atoms with Crippen LogP contribution in [-0.4, -0.2) is 6.04 Å². The van der Waals surface area contributed by atoms with Crippen molar-refractivity contribution >= 4 is 15.9 Å². The number of hydrogen-bond acceptors (Lipinski definition) is 3. The summed E-state index contributed by atoms with van der Waals surface area (Å²) in [6.07, 6.45) is 0.766. The summed E-state index contributed by atoms with van der Waals surface area (Å²) in [6, 6.07) is 15.5. The first-order valence-electron chi connectivity index (χ1n) is 6.74. The van der Waals surface area contributed by atoms with Crippen LogP contribution in [0.15, 0.2) is 46.9 Å². The molecule has 2 N–H and O–H groups in total. The Hall–Kier alpha value is -1.83. The van der Waals surface area contributed by atoms with Crippen LogP contribution in [-0.2, 0) is 13.0 Å². The zero-order valence-corrected chi connectivity index (χ0v) is 13.4. The zero-order valence-electron chi connectivity index (χ0n) is 11.8. The second kappa shape index (κ2) is 7.26. The molecule has 1 atom stereocenters. The predicted octanol–water partition coefficient (Wildman–Crippen LogP) is 3.79. The van der Waals surface area contributed by atoms with Crippen molar-refractivity contribution in [1.29, 1.82) is 5.26 Å². The average Bonchev–Trinajstić information content (AvgIpc) is 2.46. The molecule has 0 fully saturated rings. The van der Waals surface area contributed by atoms with Gasteiger partial charge in [-0.1, -0.05) is 28.1 Å². The van der Waals surface area contributed by atoms with Gasteiger partial charge in [0, 0.05) is 10.5 Å². The molecule has 108 valence electrons. The number of ether oxygens (including phenoxy) is 1. The largest absolute Gasteiger partial charge is 0.489 e. The van der Waals surface area contributed by atoms with Gasteiger partial charge in [0.05, 0.1) is 11.6 Å². The van der Waals surface area contributed by atoms with Gasteiger partial charge in [0.15, 0.2) is 0 Å². The lowest BCUT2D eigenvalue weighted by Gasteiger charge is -2.14. The summed E-state index contributed by atoms with van der Waals surface area (Å²) in [5, 5.41) is 8.79. The second-order valence-corrected chi connectivity index (χ2v) is 5.95. The Morgan fingerprint density at radius 1 is 1.24 bits per heavy atom. The molecule has 0 amide bonds. The predicted molar refractivity (Wildman–Crippen MR) is 87.0 cm³/mol. The topological polar surface area (TPSA) is 59.0 Å². The van der Waals surface area contributed by atoms with Gasteiger partial charge in [0.1, 0.15) is 12.4 Å². The fourth-order valence-corrected chi connectivity index (χ4v) is 2.44. The molecule has 4 heteroatoms. The van der Waals surface area contributed by atoms with Gasteiger partial charge < -0.3 is 10.5 Å². The summed E-state index contributed by atoms with van der Waals surface area (Å²) in [7, 11) is 0. The quantitative estimate of drug-likeness (QED) is 0.897. The Morgan fingerprint density at radius 3 is 2.57 bits per heavy atom. The van der Waals surface area contributed by atoms with Crippen LogP contribution in [0.1, 0.15) is 23.6 Å². The average molecular weight is 345 g/mol. The zero-order chi connectivity index (χ0) is 15.2. The van der Waals surface area contributed by atoms with Crippen LogP contribution in [0.5, 0.6) is 5.75 Å². The monoisotopic (exact) mass is 344 g/mol. The molecule has 0 radical (unpaired) electrons. The van der Waals surface area contributed by atoms with Gasteiger partial charge in [-0.25, -0.2) is 0 Å². The fourth-order valence-electron chi connectivity index (χ4n) is 2.03. The van der Waals surface area contributed by atoms with Crippen molar-refractivity contribution < 1.29 is 4.74 Å². The van der Waals surface area contributed by atoms with Crippen molar-refractivity contribution in [3.8, 4) is 11.8 Å². The first kappa shape index (κ1) is 15.6. The van der Waals surface area contributed by atoms with E-state index in [-0.39, 0.29) is 6.04 Å². The molecule has 1 unspecified atom stereocenters. The van der Waals surface area contributed by atoms with Gasteiger partial charge in [0.25, 0.3) is 0 Å². The van der Waals surface area contributed by atoms with Crippen LogP contribution < -0.4 is 10.5 Å². The van der Waals surface area contributed by atoms with E-state index in [0.717, 1.165) is 27.8 Å². The maximum atomic E-state index is 8.79. The lowest BCUT2D eigenvalue weighted by Crippen LogP contribution is -2.18. The van der Waals surface area contributed by atoms with Gasteiger partial charge in [-0.05, 0) is 54.8 Å². The summed E-state index contributed by atoms with van der Waals surface area (Å²) in [4.78, 5) is 0. The normalized spacial score (nSPS) is 11.7. The van der Waals surface area contributed by atoms with Gasteiger partial charge in [-0.15, -0.1) is 0 Å². The molecule has 0 aliphatic rings. The van der Waals surface area contributed by atoms with Gasteiger partial charge in [-0.2, -0.15) is 5.26 Å². The second-order valence-electron chi connectivity index (χ2n) is 5.03. The van der Waals surface area contributed by atoms with Crippen LogP contribution in [0, 0.1) is 11.3 Å². The van der Waals surface area contributed by atoms with Crippen molar-refractivity contribution in [2.24, 2.45) is 5.73 Å². The Labute approximate surface area is 133 Å². The van der Waals surface area contributed by atoms with Crippen molar-refractivity contribution in [2.75, 3.05) is 0 Å². The van der Waals surface area contributed by atoms with Crippen molar-refractivity contribution in [3.05, 3.63) is 63.6 Å². The molecule has 3 nitrogen and oxygen atoms in total. The molecule has 21 heavy (non-hydrogen) atoms. The van der Waals surface area contributed by atoms with E-state index < -0.39 is 0 Å². The van der Waals surface area contributed by atoms with Crippen LogP contribution in [0.25, 0.3) is 0 Å². The number of halogens is 1. The lowest BCUT2D eigenvalue weighted by atomic mass is 10.1. The van der Waals surface area contributed by atoms with Gasteiger partial charge >= 0.3 is 0 Å². The van der Waals surface area contributed by atoms with Gasteiger partial charge in [0.2, 0.25) is 0 Å². The Balaban J connectivity index is 2.10. The standard InChI is InChI=1S/C17H17BrN2O/c1-12(20)8-15-9-16(18)6-7-17(15)21-11-14-4-2-13(10-19)3-5-14/h2-7,9,12H,8,11,20H2,1H3. The highest BCUT2D eigenvalue weighted by molar-refractivity contribution is 9.10. The third kappa shape index (κ3) is 4.59.